The van der Waals surface area contributed by atoms with Gasteiger partial charge in [0, 0.05) is 24.5 Å². The first-order chi connectivity index (χ1) is 15.0. The van der Waals surface area contributed by atoms with Gasteiger partial charge in [-0.3, -0.25) is 4.72 Å². The molecule has 1 heterocycles. The second-order valence-corrected chi connectivity index (χ2v) is 10.9. The zero-order valence-corrected chi connectivity index (χ0v) is 20.0. The summed E-state index contributed by atoms with van der Waals surface area (Å²) in [6.45, 7) is 8.83. The first-order valence-corrected chi connectivity index (χ1v) is 12.4. The van der Waals surface area contributed by atoms with E-state index >= 15 is 0 Å². The van der Waals surface area contributed by atoms with Crippen LogP contribution in [0.5, 0.6) is 0 Å². The van der Waals surface area contributed by atoms with Crippen LogP contribution in [0.25, 0.3) is 0 Å². The van der Waals surface area contributed by atoms with Crippen LogP contribution < -0.4 is 10.0 Å². The number of carbonyl (C=O) groups is 1. The SMILES string of the molecule is Cc1ccc(S(=O)(=O)Nc2ccc(NCC3CCCCN3C(=O)OC(C)(C)C)cc2)cc1. The number of likely N-dealkylation sites (tertiary alicyclic amines) is 1. The van der Waals surface area contributed by atoms with Crippen molar-refractivity contribution < 1.29 is 17.9 Å². The molecule has 0 spiro atoms. The second-order valence-electron chi connectivity index (χ2n) is 9.20. The zero-order valence-electron chi connectivity index (χ0n) is 19.2. The average Bonchev–Trinajstić information content (AvgIpc) is 2.72. The molecule has 3 rings (SSSR count). The van der Waals surface area contributed by atoms with Crippen LogP contribution in [-0.4, -0.2) is 44.1 Å². The molecule has 0 aliphatic carbocycles. The maximum absolute atomic E-state index is 12.6. The molecule has 1 amide bonds. The van der Waals surface area contributed by atoms with Gasteiger partial charge in [-0.15, -0.1) is 0 Å². The molecule has 1 saturated heterocycles. The van der Waals surface area contributed by atoms with E-state index in [0.717, 1.165) is 30.5 Å². The lowest BCUT2D eigenvalue weighted by molar-refractivity contribution is 0.0114. The van der Waals surface area contributed by atoms with E-state index in [1.54, 1.807) is 36.4 Å². The first-order valence-electron chi connectivity index (χ1n) is 11.0. The van der Waals surface area contributed by atoms with Crippen molar-refractivity contribution in [1.82, 2.24) is 4.90 Å². The number of hydrogen-bond acceptors (Lipinski definition) is 5. The number of carbonyl (C=O) groups excluding carboxylic acids is 1. The van der Waals surface area contributed by atoms with E-state index in [9.17, 15) is 13.2 Å². The summed E-state index contributed by atoms with van der Waals surface area (Å²) >= 11 is 0. The summed E-state index contributed by atoms with van der Waals surface area (Å²) in [5.41, 5.74) is 1.83. The van der Waals surface area contributed by atoms with Gasteiger partial charge in [-0.05, 0) is 83.4 Å². The van der Waals surface area contributed by atoms with E-state index in [4.69, 9.17) is 4.74 Å². The fraction of sp³-hybridized carbons (Fsp3) is 0.458. The summed E-state index contributed by atoms with van der Waals surface area (Å²) in [5.74, 6) is 0. The molecule has 2 N–H and O–H groups in total. The van der Waals surface area contributed by atoms with Gasteiger partial charge in [0.15, 0.2) is 0 Å². The Morgan fingerprint density at radius 1 is 1.03 bits per heavy atom. The highest BCUT2D eigenvalue weighted by Crippen LogP contribution is 2.22. The number of anilines is 2. The molecule has 0 saturated carbocycles. The Morgan fingerprint density at radius 3 is 2.28 bits per heavy atom. The molecule has 32 heavy (non-hydrogen) atoms. The molecule has 2 aromatic rings. The summed E-state index contributed by atoms with van der Waals surface area (Å²) in [6.07, 6.45) is 2.70. The molecule has 1 aliphatic heterocycles. The van der Waals surface area contributed by atoms with Gasteiger partial charge in [0.25, 0.3) is 10.0 Å². The van der Waals surface area contributed by atoms with Crippen molar-refractivity contribution in [2.45, 2.75) is 63.5 Å². The minimum atomic E-state index is -3.63. The maximum atomic E-state index is 12.6. The van der Waals surface area contributed by atoms with E-state index in [1.165, 1.54) is 0 Å². The van der Waals surface area contributed by atoms with Crippen molar-refractivity contribution in [3.63, 3.8) is 0 Å². The lowest BCUT2D eigenvalue weighted by atomic mass is 10.0. The summed E-state index contributed by atoms with van der Waals surface area (Å²) in [5, 5.41) is 3.36. The average molecular weight is 460 g/mol. The van der Waals surface area contributed by atoms with Crippen molar-refractivity contribution >= 4 is 27.5 Å². The Hall–Kier alpha value is -2.74. The first kappa shape index (κ1) is 23.9. The van der Waals surface area contributed by atoms with Crippen LogP contribution in [0.2, 0.25) is 0 Å². The van der Waals surface area contributed by atoms with Crippen molar-refractivity contribution in [2.24, 2.45) is 0 Å². The highest BCUT2D eigenvalue weighted by Gasteiger charge is 2.30. The molecule has 7 nitrogen and oxygen atoms in total. The van der Waals surface area contributed by atoms with E-state index in [0.29, 0.717) is 18.8 Å². The number of nitrogens with zero attached hydrogens (tertiary/aromatic N) is 1. The molecule has 1 fully saturated rings. The van der Waals surface area contributed by atoms with Gasteiger partial charge in [-0.25, -0.2) is 13.2 Å². The summed E-state index contributed by atoms with van der Waals surface area (Å²) in [4.78, 5) is 14.6. The van der Waals surface area contributed by atoms with Crippen molar-refractivity contribution in [3.8, 4) is 0 Å². The quantitative estimate of drug-likeness (QED) is 0.635. The third-order valence-corrected chi connectivity index (χ3v) is 6.66. The molecule has 174 valence electrons. The Labute approximate surface area is 191 Å². The van der Waals surface area contributed by atoms with E-state index in [-0.39, 0.29) is 17.0 Å². The maximum Gasteiger partial charge on any atom is 0.410 e. The second kappa shape index (κ2) is 9.81. The van der Waals surface area contributed by atoms with Crippen molar-refractivity contribution in [2.75, 3.05) is 23.1 Å². The van der Waals surface area contributed by atoms with Crippen LogP contribution in [0.3, 0.4) is 0 Å². The Balaban J connectivity index is 1.59. The third kappa shape index (κ3) is 6.63. The van der Waals surface area contributed by atoms with Gasteiger partial charge in [0.05, 0.1) is 10.9 Å². The van der Waals surface area contributed by atoms with Gasteiger partial charge in [-0.1, -0.05) is 17.7 Å². The zero-order chi connectivity index (χ0) is 23.4. The molecule has 0 bridgehead atoms. The monoisotopic (exact) mass is 459 g/mol. The minimum Gasteiger partial charge on any atom is -0.444 e. The number of amides is 1. The van der Waals surface area contributed by atoms with Gasteiger partial charge >= 0.3 is 6.09 Å². The van der Waals surface area contributed by atoms with Gasteiger partial charge in [0.1, 0.15) is 5.60 Å². The molecular formula is C24H33N3O4S. The minimum absolute atomic E-state index is 0.0540. The number of sulfonamides is 1. The number of rotatable bonds is 6. The van der Waals surface area contributed by atoms with Gasteiger partial charge in [-0.2, -0.15) is 0 Å². The number of hydrogen-bond donors (Lipinski definition) is 2. The van der Waals surface area contributed by atoms with E-state index < -0.39 is 15.6 Å². The molecule has 0 radical (unpaired) electrons. The van der Waals surface area contributed by atoms with Crippen LogP contribution in [0.15, 0.2) is 53.4 Å². The number of nitrogens with one attached hydrogen (secondary N) is 2. The largest absolute Gasteiger partial charge is 0.444 e. The van der Waals surface area contributed by atoms with Gasteiger partial charge < -0.3 is 15.0 Å². The van der Waals surface area contributed by atoms with Crippen LogP contribution in [0.1, 0.15) is 45.6 Å². The van der Waals surface area contributed by atoms with E-state index in [2.05, 4.69) is 10.0 Å². The van der Waals surface area contributed by atoms with Crippen LogP contribution in [0, 0.1) is 6.92 Å². The standard InChI is InChI=1S/C24H33N3O4S/c1-18-8-14-22(15-9-18)32(29,30)26-20-12-10-19(11-13-20)25-17-21-7-5-6-16-27(21)23(28)31-24(2,3)4/h8-15,21,25-26H,5-7,16-17H2,1-4H3. The molecular weight excluding hydrogens is 426 g/mol. The van der Waals surface area contributed by atoms with Gasteiger partial charge in [0.2, 0.25) is 0 Å². The Morgan fingerprint density at radius 2 is 1.66 bits per heavy atom. The normalized spacial score (nSPS) is 17.0. The Kier molecular flexibility index (Phi) is 7.33. The number of benzene rings is 2. The number of piperidine rings is 1. The lowest BCUT2D eigenvalue weighted by Gasteiger charge is -2.37. The third-order valence-electron chi connectivity index (χ3n) is 5.27. The fourth-order valence-corrected chi connectivity index (χ4v) is 4.66. The molecule has 1 unspecified atom stereocenters. The predicted molar refractivity (Wildman–Crippen MR) is 127 cm³/mol. The molecule has 1 aliphatic rings. The fourth-order valence-electron chi connectivity index (χ4n) is 3.60. The van der Waals surface area contributed by atoms with Crippen molar-refractivity contribution in [1.29, 1.82) is 0 Å². The highest BCUT2D eigenvalue weighted by atomic mass is 32.2. The lowest BCUT2D eigenvalue weighted by Crippen LogP contribution is -2.48. The Bertz CT molecular complexity index is 1010. The van der Waals surface area contributed by atoms with Crippen LogP contribution in [0.4, 0.5) is 16.2 Å². The van der Waals surface area contributed by atoms with Crippen LogP contribution >= 0.6 is 0 Å². The summed E-state index contributed by atoms with van der Waals surface area (Å²) in [6, 6.07) is 13.9. The highest BCUT2D eigenvalue weighted by molar-refractivity contribution is 7.92. The topological polar surface area (TPSA) is 87.7 Å². The van der Waals surface area contributed by atoms with E-state index in [1.807, 2.05) is 44.7 Å². The molecule has 8 heteroatoms. The predicted octanol–water partition coefficient (Wildman–Crippen LogP) is 5.00. The molecule has 2 aromatic carbocycles. The van der Waals surface area contributed by atoms with Crippen molar-refractivity contribution in [3.05, 3.63) is 54.1 Å². The smallest absolute Gasteiger partial charge is 0.410 e. The number of ether oxygens (including phenoxy) is 1. The summed E-state index contributed by atoms with van der Waals surface area (Å²) in [7, 11) is -3.63. The number of aryl methyl sites for hydroxylation is 1. The van der Waals surface area contributed by atoms with Crippen LogP contribution in [-0.2, 0) is 14.8 Å². The summed E-state index contributed by atoms with van der Waals surface area (Å²) < 4.78 is 33.3. The molecule has 1 atom stereocenters. The molecule has 0 aromatic heterocycles.